The Hall–Kier alpha value is -1.59. The Morgan fingerprint density at radius 1 is 1.20 bits per heavy atom. The molecular weight excluding hydrogens is 254 g/mol. The lowest BCUT2D eigenvalue weighted by Gasteiger charge is -2.21. The Balaban J connectivity index is 1.91. The smallest absolute Gasteiger partial charge is 0.227 e. The molecule has 1 fully saturated rings. The monoisotopic (exact) mass is 277 g/mol. The highest BCUT2D eigenvalue weighted by Gasteiger charge is 2.19. The minimum atomic E-state index is 0.133. The maximum Gasteiger partial charge on any atom is 0.227 e. The molecule has 0 atom stereocenters. The van der Waals surface area contributed by atoms with Crippen LogP contribution in [-0.2, 0) is 11.2 Å². The fourth-order valence-corrected chi connectivity index (χ4v) is 2.56. The van der Waals surface area contributed by atoms with Crippen molar-refractivity contribution in [1.82, 2.24) is 9.80 Å². The summed E-state index contributed by atoms with van der Waals surface area (Å²) in [5, 5.41) is 8.97. The number of amides is 1. The Morgan fingerprint density at radius 3 is 2.75 bits per heavy atom. The maximum atomic E-state index is 12.3. The molecule has 0 saturated carbocycles. The molecule has 1 heterocycles. The van der Waals surface area contributed by atoms with Crippen molar-refractivity contribution in [2.75, 3.05) is 45.1 Å². The zero-order valence-electron chi connectivity index (χ0n) is 11.8. The van der Waals surface area contributed by atoms with Gasteiger partial charge in [-0.15, -0.1) is 0 Å². The first-order valence-corrected chi connectivity index (χ1v) is 7.15. The van der Waals surface area contributed by atoms with Crippen LogP contribution in [0.2, 0.25) is 0 Å². The van der Waals surface area contributed by atoms with Crippen molar-refractivity contribution in [1.29, 1.82) is 0 Å². The second kappa shape index (κ2) is 7.26. The molecule has 1 saturated heterocycles. The van der Waals surface area contributed by atoms with Crippen LogP contribution in [-0.4, -0.2) is 60.1 Å². The standard InChI is InChI=1S/C15H23N3O2/c16-14-5-2-1-4-13(14)12-15(20)18-7-3-6-17(8-9-18)10-11-19/h1-2,4-5,19H,3,6-12,16H2. The van der Waals surface area contributed by atoms with Gasteiger partial charge in [0.15, 0.2) is 0 Å². The molecule has 20 heavy (non-hydrogen) atoms. The number of anilines is 1. The van der Waals surface area contributed by atoms with Gasteiger partial charge in [0.05, 0.1) is 13.0 Å². The molecule has 0 radical (unpaired) electrons. The fraction of sp³-hybridized carbons (Fsp3) is 0.533. The van der Waals surface area contributed by atoms with E-state index < -0.39 is 0 Å². The molecule has 1 aliphatic rings. The van der Waals surface area contributed by atoms with E-state index in [-0.39, 0.29) is 12.5 Å². The molecule has 1 aromatic rings. The minimum Gasteiger partial charge on any atom is -0.398 e. The summed E-state index contributed by atoms with van der Waals surface area (Å²) in [4.78, 5) is 16.4. The van der Waals surface area contributed by atoms with Crippen LogP contribution < -0.4 is 5.73 Å². The van der Waals surface area contributed by atoms with E-state index in [1.165, 1.54) is 0 Å². The zero-order valence-corrected chi connectivity index (χ0v) is 11.8. The van der Waals surface area contributed by atoms with Crippen LogP contribution in [0.3, 0.4) is 0 Å². The Kier molecular flexibility index (Phi) is 5.38. The van der Waals surface area contributed by atoms with E-state index in [1.54, 1.807) is 0 Å². The van der Waals surface area contributed by atoms with E-state index in [9.17, 15) is 4.79 Å². The molecule has 0 unspecified atom stereocenters. The van der Waals surface area contributed by atoms with Crippen molar-refractivity contribution in [2.24, 2.45) is 0 Å². The van der Waals surface area contributed by atoms with Crippen LogP contribution >= 0.6 is 0 Å². The summed E-state index contributed by atoms with van der Waals surface area (Å²) in [5.74, 6) is 0.133. The number of aliphatic hydroxyl groups excluding tert-OH is 1. The number of para-hydroxylation sites is 1. The summed E-state index contributed by atoms with van der Waals surface area (Å²) >= 11 is 0. The molecule has 5 heteroatoms. The first-order valence-electron chi connectivity index (χ1n) is 7.15. The van der Waals surface area contributed by atoms with Crippen molar-refractivity contribution in [3.05, 3.63) is 29.8 Å². The fourth-order valence-electron chi connectivity index (χ4n) is 2.56. The van der Waals surface area contributed by atoms with Gasteiger partial charge in [0.1, 0.15) is 0 Å². The van der Waals surface area contributed by atoms with E-state index in [0.29, 0.717) is 18.7 Å². The van der Waals surface area contributed by atoms with Crippen LogP contribution in [0.15, 0.2) is 24.3 Å². The van der Waals surface area contributed by atoms with E-state index in [2.05, 4.69) is 4.90 Å². The highest BCUT2D eigenvalue weighted by Crippen LogP contribution is 2.13. The molecule has 5 nitrogen and oxygen atoms in total. The van der Waals surface area contributed by atoms with Gasteiger partial charge in [0.25, 0.3) is 0 Å². The zero-order chi connectivity index (χ0) is 14.4. The average molecular weight is 277 g/mol. The highest BCUT2D eigenvalue weighted by molar-refractivity contribution is 5.80. The van der Waals surface area contributed by atoms with Crippen molar-refractivity contribution in [3.63, 3.8) is 0 Å². The van der Waals surface area contributed by atoms with Gasteiger partial charge in [-0.25, -0.2) is 0 Å². The Morgan fingerprint density at radius 2 is 2.00 bits per heavy atom. The number of nitrogens with zero attached hydrogens (tertiary/aromatic N) is 2. The third-order valence-electron chi connectivity index (χ3n) is 3.75. The van der Waals surface area contributed by atoms with Gasteiger partial charge in [0, 0.05) is 31.9 Å². The third-order valence-corrected chi connectivity index (χ3v) is 3.75. The first kappa shape index (κ1) is 14.8. The second-order valence-corrected chi connectivity index (χ2v) is 5.18. The summed E-state index contributed by atoms with van der Waals surface area (Å²) in [6, 6.07) is 7.52. The normalized spacial score (nSPS) is 16.9. The van der Waals surface area contributed by atoms with Gasteiger partial charge < -0.3 is 15.7 Å². The van der Waals surface area contributed by atoms with Crippen molar-refractivity contribution >= 4 is 11.6 Å². The van der Waals surface area contributed by atoms with Gasteiger partial charge in [-0.2, -0.15) is 0 Å². The predicted molar refractivity (Wildman–Crippen MR) is 79.3 cm³/mol. The Bertz CT molecular complexity index is 450. The summed E-state index contributed by atoms with van der Waals surface area (Å²) in [7, 11) is 0. The average Bonchev–Trinajstić information content (AvgIpc) is 2.67. The number of β-amino-alcohol motifs (C(OH)–C–C–N with tert-alkyl or cyclic N) is 1. The molecule has 1 amide bonds. The van der Waals surface area contributed by atoms with Crippen molar-refractivity contribution in [2.45, 2.75) is 12.8 Å². The molecular formula is C15H23N3O2. The van der Waals surface area contributed by atoms with Crippen molar-refractivity contribution in [3.8, 4) is 0 Å². The predicted octanol–water partition coefficient (Wildman–Crippen LogP) is 0.338. The summed E-state index contributed by atoms with van der Waals surface area (Å²) in [6.45, 7) is 4.15. The number of aliphatic hydroxyl groups is 1. The maximum absolute atomic E-state index is 12.3. The highest BCUT2D eigenvalue weighted by atomic mass is 16.3. The lowest BCUT2D eigenvalue weighted by atomic mass is 10.1. The summed E-state index contributed by atoms with van der Waals surface area (Å²) in [6.07, 6.45) is 1.32. The number of benzene rings is 1. The lowest BCUT2D eigenvalue weighted by molar-refractivity contribution is -0.130. The van der Waals surface area contributed by atoms with Gasteiger partial charge in [-0.1, -0.05) is 18.2 Å². The van der Waals surface area contributed by atoms with Crippen LogP contribution in [0.4, 0.5) is 5.69 Å². The molecule has 0 aliphatic carbocycles. The van der Waals surface area contributed by atoms with E-state index in [4.69, 9.17) is 10.8 Å². The number of nitrogens with two attached hydrogens (primary N) is 1. The topological polar surface area (TPSA) is 69.8 Å². The van der Waals surface area contributed by atoms with Gasteiger partial charge in [-0.05, 0) is 24.6 Å². The number of hydrogen-bond donors (Lipinski definition) is 2. The first-order chi connectivity index (χ1) is 9.70. The van der Waals surface area contributed by atoms with Crippen LogP contribution in [0, 0.1) is 0 Å². The van der Waals surface area contributed by atoms with Crippen LogP contribution in [0.25, 0.3) is 0 Å². The van der Waals surface area contributed by atoms with Gasteiger partial charge in [-0.3, -0.25) is 9.69 Å². The van der Waals surface area contributed by atoms with Crippen molar-refractivity contribution < 1.29 is 9.90 Å². The summed E-state index contributed by atoms with van der Waals surface area (Å²) in [5.41, 5.74) is 7.46. The Labute approximate surface area is 120 Å². The summed E-state index contributed by atoms with van der Waals surface area (Å²) < 4.78 is 0. The number of nitrogen functional groups attached to an aromatic ring is 1. The quantitative estimate of drug-likeness (QED) is 0.779. The van der Waals surface area contributed by atoms with E-state index >= 15 is 0 Å². The van der Waals surface area contributed by atoms with Gasteiger partial charge >= 0.3 is 0 Å². The largest absolute Gasteiger partial charge is 0.398 e. The number of rotatable bonds is 4. The molecule has 0 spiro atoms. The van der Waals surface area contributed by atoms with Crippen LogP contribution in [0.1, 0.15) is 12.0 Å². The number of carbonyl (C=O) groups excluding carboxylic acids is 1. The van der Waals surface area contributed by atoms with E-state index in [0.717, 1.165) is 38.2 Å². The van der Waals surface area contributed by atoms with E-state index in [1.807, 2.05) is 29.2 Å². The number of hydrogen-bond acceptors (Lipinski definition) is 4. The molecule has 0 bridgehead atoms. The molecule has 1 aromatic carbocycles. The lowest BCUT2D eigenvalue weighted by Crippen LogP contribution is -2.36. The third kappa shape index (κ3) is 3.95. The molecule has 1 aliphatic heterocycles. The van der Waals surface area contributed by atoms with Gasteiger partial charge in [0.2, 0.25) is 5.91 Å². The second-order valence-electron chi connectivity index (χ2n) is 5.18. The molecule has 110 valence electrons. The van der Waals surface area contributed by atoms with Crippen LogP contribution in [0.5, 0.6) is 0 Å². The molecule has 3 N–H and O–H groups in total. The SMILES string of the molecule is Nc1ccccc1CC(=O)N1CCCN(CCO)CC1. The molecule has 0 aromatic heterocycles. The number of carbonyl (C=O) groups is 1. The minimum absolute atomic E-state index is 0.133. The molecule has 2 rings (SSSR count).